The van der Waals surface area contributed by atoms with E-state index in [1.165, 1.54) is 22.3 Å². The fourth-order valence-corrected chi connectivity index (χ4v) is 4.52. The Balaban J connectivity index is 1.39. The van der Waals surface area contributed by atoms with Crippen LogP contribution in [0.2, 0.25) is 0 Å². The van der Waals surface area contributed by atoms with E-state index < -0.39 is 8.25 Å². The van der Waals surface area contributed by atoms with Gasteiger partial charge in [0, 0.05) is 18.1 Å². The highest BCUT2D eigenvalue weighted by molar-refractivity contribution is 7.32. The molecule has 1 aromatic heterocycles. The van der Waals surface area contributed by atoms with E-state index in [0.29, 0.717) is 19.5 Å². The number of rotatable bonds is 12. The molecule has 0 spiro atoms. The Hall–Kier alpha value is -2.82. The summed E-state index contributed by atoms with van der Waals surface area (Å²) in [6.07, 6.45) is 5.82. The number of nitrogens with zero attached hydrogens (tertiary/aromatic N) is 1. The summed E-state index contributed by atoms with van der Waals surface area (Å²) in [5.41, 5.74) is 7.26. The van der Waals surface area contributed by atoms with Gasteiger partial charge in [0.1, 0.15) is 0 Å². The molecule has 1 unspecified atom stereocenters. The van der Waals surface area contributed by atoms with Gasteiger partial charge in [0.25, 0.3) is 0 Å². The summed E-state index contributed by atoms with van der Waals surface area (Å²) in [5.74, 6) is 0. The van der Waals surface area contributed by atoms with Crippen LogP contribution in [0, 0.1) is 0 Å². The Morgan fingerprint density at radius 2 is 1.62 bits per heavy atom. The minimum Gasteiger partial charge on any atom is -0.326 e. The first-order chi connectivity index (χ1) is 16.7. The van der Waals surface area contributed by atoms with Crippen LogP contribution in [0.5, 0.6) is 0 Å². The van der Waals surface area contributed by atoms with Crippen LogP contribution in [0.15, 0.2) is 85.1 Å². The molecule has 0 aliphatic rings. The number of hydrogen-bond acceptors (Lipinski definition) is 4. The Labute approximate surface area is 201 Å². The molecular formula is C28H31N2O3P. The molecular weight excluding hydrogens is 443 g/mol. The molecule has 0 aliphatic heterocycles. The topological polar surface area (TPSA) is 71.5 Å². The van der Waals surface area contributed by atoms with Gasteiger partial charge in [0.15, 0.2) is 0 Å². The molecule has 0 fully saturated rings. The molecule has 0 aliphatic carbocycles. The second-order valence-corrected chi connectivity index (χ2v) is 9.17. The van der Waals surface area contributed by atoms with Crippen LogP contribution in [0.3, 0.4) is 0 Å². The van der Waals surface area contributed by atoms with Gasteiger partial charge in [-0.2, -0.15) is 0 Å². The first kappa shape index (κ1) is 24.3. The summed E-state index contributed by atoms with van der Waals surface area (Å²) in [5, 5.41) is 4.51. The van der Waals surface area contributed by atoms with Crippen molar-refractivity contribution in [1.29, 1.82) is 0 Å². The summed E-state index contributed by atoms with van der Waals surface area (Å²) < 4.78 is 15.3. The number of fused-ring (bicyclic) bond motifs is 1. The van der Waals surface area contributed by atoms with Gasteiger partial charge in [-0.15, -0.1) is 0 Å². The van der Waals surface area contributed by atoms with Crippen molar-refractivity contribution in [3.05, 3.63) is 102 Å². The SMILES string of the molecule is O=[PH](O)OCCCNCc1ccc(-c2ccc(CCCc3ccccc3)cc2)c2cccnc12. The van der Waals surface area contributed by atoms with Gasteiger partial charge in [0.05, 0.1) is 12.1 Å². The van der Waals surface area contributed by atoms with Crippen molar-refractivity contribution in [2.45, 2.75) is 32.2 Å². The predicted molar refractivity (Wildman–Crippen MR) is 139 cm³/mol. The van der Waals surface area contributed by atoms with Crippen LogP contribution in [-0.2, 0) is 28.5 Å². The third kappa shape index (κ3) is 6.85. The van der Waals surface area contributed by atoms with Crippen LogP contribution in [0.25, 0.3) is 22.0 Å². The summed E-state index contributed by atoms with van der Waals surface area (Å²) in [6, 6.07) is 28.0. The quantitative estimate of drug-likeness (QED) is 0.196. The van der Waals surface area contributed by atoms with E-state index in [2.05, 4.69) is 83.1 Å². The van der Waals surface area contributed by atoms with Crippen molar-refractivity contribution in [3.63, 3.8) is 0 Å². The van der Waals surface area contributed by atoms with Crippen LogP contribution in [0.4, 0.5) is 0 Å². The number of pyridine rings is 1. The van der Waals surface area contributed by atoms with Crippen molar-refractivity contribution in [2.24, 2.45) is 0 Å². The van der Waals surface area contributed by atoms with Crippen molar-refractivity contribution in [2.75, 3.05) is 13.2 Å². The van der Waals surface area contributed by atoms with E-state index in [9.17, 15) is 4.57 Å². The normalized spacial score (nSPS) is 12.1. The summed E-state index contributed by atoms with van der Waals surface area (Å²) in [6.45, 7) is 1.67. The maximum Gasteiger partial charge on any atom is 0.316 e. The molecule has 1 atom stereocenters. The summed E-state index contributed by atoms with van der Waals surface area (Å²) in [4.78, 5) is 13.4. The monoisotopic (exact) mass is 474 g/mol. The summed E-state index contributed by atoms with van der Waals surface area (Å²) >= 11 is 0. The third-order valence-electron chi connectivity index (χ3n) is 5.93. The second-order valence-electron chi connectivity index (χ2n) is 8.35. The number of aryl methyl sites for hydroxylation is 2. The van der Waals surface area contributed by atoms with Crippen LogP contribution >= 0.6 is 8.25 Å². The minimum atomic E-state index is -2.84. The van der Waals surface area contributed by atoms with Crippen LogP contribution < -0.4 is 5.32 Å². The van der Waals surface area contributed by atoms with Gasteiger partial charge in [-0.05, 0) is 66.1 Å². The maximum atomic E-state index is 10.6. The van der Waals surface area contributed by atoms with Gasteiger partial charge in [-0.25, -0.2) is 0 Å². The molecule has 0 saturated heterocycles. The zero-order valence-electron chi connectivity index (χ0n) is 19.2. The molecule has 0 bridgehead atoms. The van der Waals surface area contributed by atoms with Gasteiger partial charge < -0.3 is 14.7 Å². The molecule has 6 heteroatoms. The molecule has 0 radical (unpaired) electrons. The first-order valence-corrected chi connectivity index (χ1v) is 13.0. The lowest BCUT2D eigenvalue weighted by atomic mass is 9.96. The van der Waals surface area contributed by atoms with Gasteiger partial charge >= 0.3 is 8.25 Å². The Kier molecular flexibility index (Phi) is 9.00. The molecule has 4 rings (SSSR count). The van der Waals surface area contributed by atoms with E-state index in [1.807, 2.05) is 12.3 Å². The van der Waals surface area contributed by atoms with E-state index in [-0.39, 0.29) is 6.61 Å². The molecule has 176 valence electrons. The Bertz CT molecular complexity index is 1210. The number of hydrogen-bond donors (Lipinski definition) is 2. The lowest BCUT2D eigenvalue weighted by Crippen LogP contribution is -2.16. The fraction of sp³-hybridized carbons (Fsp3) is 0.250. The predicted octanol–water partition coefficient (Wildman–Crippen LogP) is 5.96. The first-order valence-electron chi connectivity index (χ1n) is 11.8. The van der Waals surface area contributed by atoms with Crippen molar-refractivity contribution < 1.29 is 14.0 Å². The second kappa shape index (κ2) is 12.6. The smallest absolute Gasteiger partial charge is 0.316 e. The molecule has 4 aromatic rings. The highest BCUT2D eigenvalue weighted by Crippen LogP contribution is 2.30. The van der Waals surface area contributed by atoms with Crippen molar-refractivity contribution in [3.8, 4) is 11.1 Å². The molecule has 0 saturated carbocycles. The fourth-order valence-electron chi connectivity index (χ4n) is 4.20. The van der Waals surface area contributed by atoms with Crippen LogP contribution in [-0.4, -0.2) is 23.0 Å². The van der Waals surface area contributed by atoms with Gasteiger partial charge in [-0.1, -0.05) is 72.8 Å². The van der Waals surface area contributed by atoms with Crippen molar-refractivity contribution in [1.82, 2.24) is 10.3 Å². The third-order valence-corrected chi connectivity index (χ3v) is 6.38. The Morgan fingerprint density at radius 3 is 2.38 bits per heavy atom. The van der Waals surface area contributed by atoms with E-state index in [4.69, 9.17) is 9.42 Å². The van der Waals surface area contributed by atoms with Gasteiger partial charge in [0.2, 0.25) is 0 Å². The zero-order valence-corrected chi connectivity index (χ0v) is 20.2. The van der Waals surface area contributed by atoms with Gasteiger partial charge in [-0.3, -0.25) is 9.55 Å². The standard InChI is InChI=1S/C28H31N2O3P/c31-34(32)33-20-6-18-29-21-25-16-17-26(27-11-5-19-30-28(25)27)24-14-12-23(13-15-24)10-4-9-22-7-2-1-3-8-22/h1-3,5,7-8,11-17,19,29,34H,4,6,9-10,18,20-21H2,(H,31,32). The average Bonchev–Trinajstić information content (AvgIpc) is 2.87. The van der Waals surface area contributed by atoms with Crippen LogP contribution in [0.1, 0.15) is 29.5 Å². The van der Waals surface area contributed by atoms with Crippen molar-refractivity contribution >= 4 is 19.2 Å². The molecule has 2 N–H and O–H groups in total. The molecule has 5 nitrogen and oxygen atoms in total. The summed E-state index contributed by atoms with van der Waals surface area (Å²) in [7, 11) is -2.84. The maximum absolute atomic E-state index is 10.6. The largest absolute Gasteiger partial charge is 0.326 e. The molecule has 34 heavy (non-hydrogen) atoms. The lowest BCUT2D eigenvalue weighted by molar-refractivity contribution is 0.276. The highest BCUT2D eigenvalue weighted by Gasteiger charge is 2.09. The number of benzene rings is 3. The molecule has 1 heterocycles. The average molecular weight is 475 g/mol. The molecule has 3 aromatic carbocycles. The van der Waals surface area contributed by atoms with E-state index >= 15 is 0 Å². The number of nitrogens with one attached hydrogen (secondary N) is 1. The number of aromatic nitrogens is 1. The van der Waals surface area contributed by atoms with E-state index in [0.717, 1.165) is 35.7 Å². The zero-order chi connectivity index (χ0) is 23.6. The minimum absolute atomic E-state index is 0.279. The van der Waals surface area contributed by atoms with E-state index in [1.54, 1.807) is 0 Å². The molecule has 0 amide bonds. The highest BCUT2D eigenvalue weighted by atomic mass is 31.1. The lowest BCUT2D eigenvalue weighted by Gasteiger charge is -2.12. The Morgan fingerprint density at radius 1 is 0.853 bits per heavy atom.